The maximum absolute atomic E-state index is 13.5. The van der Waals surface area contributed by atoms with Gasteiger partial charge in [0.1, 0.15) is 5.82 Å². The van der Waals surface area contributed by atoms with E-state index in [0.717, 1.165) is 5.69 Å². The van der Waals surface area contributed by atoms with Crippen molar-refractivity contribution in [2.24, 2.45) is 12.9 Å². The van der Waals surface area contributed by atoms with E-state index in [1.807, 2.05) is 25.4 Å². The number of nitrogens with zero attached hydrogens (tertiary/aromatic N) is 2. The second kappa shape index (κ2) is 5.99. The Morgan fingerprint density at radius 1 is 1.44 bits per heavy atom. The van der Waals surface area contributed by atoms with E-state index in [1.165, 1.54) is 17.8 Å². The molecule has 1 aromatic carbocycles. The topological polar surface area (TPSA) is 55.9 Å². The number of thioether (sulfide) groups is 1. The van der Waals surface area contributed by atoms with Crippen LogP contribution in [0.1, 0.15) is 11.7 Å². The monoisotopic (exact) mass is 266 g/mol. The standard InChI is InChI=1S/C12H15FN4S/c1-17-7-6-10(16-17)11(15-14)8-18-12-5-3-2-4-9(12)13/h2-7,11,15H,8,14H2,1H3. The van der Waals surface area contributed by atoms with Crippen molar-refractivity contribution < 1.29 is 4.39 Å². The first-order chi connectivity index (χ1) is 8.70. The predicted molar refractivity (Wildman–Crippen MR) is 70.4 cm³/mol. The molecule has 0 saturated carbocycles. The van der Waals surface area contributed by atoms with Crippen LogP contribution < -0.4 is 11.3 Å². The number of hydrogen-bond donors (Lipinski definition) is 2. The van der Waals surface area contributed by atoms with Crippen LogP contribution in [0.3, 0.4) is 0 Å². The lowest BCUT2D eigenvalue weighted by atomic mass is 10.2. The molecule has 1 unspecified atom stereocenters. The molecule has 2 rings (SSSR count). The van der Waals surface area contributed by atoms with Gasteiger partial charge in [0.2, 0.25) is 0 Å². The highest BCUT2D eigenvalue weighted by Crippen LogP contribution is 2.25. The summed E-state index contributed by atoms with van der Waals surface area (Å²) in [6.45, 7) is 0. The summed E-state index contributed by atoms with van der Waals surface area (Å²) in [4.78, 5) is 0.619. The minimum absolute atomic E-state index is 0.101. The third-order valence-corrected chi connectivity index (χ3v) is 3.68. The summed E-state index contributed by atoms with van der Waals surface area (Å²) in [6, 6.07) is 8.50. The zero-order chi connectivity index (χ0) is 13.0. The molecule has 6 heteroatoms. The number of aryl methyl sites for hydroxylation is 1. The second-order valence-electron chi connectivity index (χ2n) is 3.87. The van der Waals surface area contributed by atoms with E-state index < -0.39 is 0 Å². The molecule has 4 nitrogen and oxygen atoms in total. The highest BCUT2D eigenvalue weighted by Gasteiger charge is 2.13. The lowest BCUT2D eigenvalue weighted by Crippen LogP contribution is -2.30. The summed E-state index contributed by atoms with van der Waals surface area (Å²) < 4.78 is 15.2. The van der Waals surface area contributed by atoms with Gasteiger partial charge < -0.3 is 0 Å². The molecule has 2 aromatic rings. The van der Waals surface area contributed by atoms with E-state index in [9.17, 15) is 4.39 Å². The van der Waals surface area contributed by atoms with Crippen LogP contribution in [0, 0.1) is 5.82 Å². The summed E-state index contributed by atoms with van der Waals surface area (Å²) in [5, 5.41) is 4.28. The number of halogens is 1. The van der Waals surface area contributed by atoms with Crippen molar-refractivity contribution in [1.29, 1.82) is 0 Å². The third kappa shape index (κ3) is 3.10. The fourth-order valence-electron chi connectivity index (χ4n) is 1.57. The van der Waals surface area contributed by atoms with Crippen LogP contribution >= 0.6 is 11.8 Å². The number of rotatable bonds is 5. The van der Waals surface area contributed by atoms with E-state index in [0.29, 0.717) is 10.6 Å². The second-order valence-corrected chi connectivity index (χ2v) is 4.94. The fraction of sp³-hybridized carbons (Fsp3) is 0.250. The molecule has 0 saturated heterocycles. The molecule has 0 bridgehead atoms. The first-order valence-corrected chi connectivity index (χ1v) is 6.52. The molecule has 3 N–H and O–H groups in total. The number of nitrogens with two attached hydrogens (primary N) is 1. The van der Waals surface area contributed by atoms with Crippen LogP contribution in [0.2, 0.25) is 0 Å². The van der Waals surface area contributed by atoms with Gasteiger partial charge in [-0.2, -0.15) is 5.10 Å². The lowest BCUT2D eigenvalue weighted by Gasteiger charge is -2.13. The molecule has 0 amide bonds. The first-order valence-electron chi connectivity index (χ1n) is 5.53. The molecular formula is C12H15FN4S. The Morgan fingerprint density at radius 2 is 2.22 bits per heavy atom. The molecule has 0 aliphatic rings. The normalized spacial score (nSPS) is 12.6. The minimum atomic E-state index is -0.209. The van der Waals surface area contributed by atoms with Crippen molar-refractivity contribution in [2.75, 3.05) is 5.75 Å². The zero-order valence-electron chi connectivity index (χ0n) is 10.0. The molecule has 0 aliphatic carbocycles. The van der Waals surface area contributed by atoms with Gasteiger partial charge in [-0.15, -0.1) is 11.8 Å². The van der Waals surface area contributed by atoms with Gasteiger partial charge in [0.15, 0.2) is 0 Å². The molecule has 0 fully saturated rings. The smallest absolute Gasteiger partial charge is 0.136 e. The summed E-state index contributed by atoms with van der Waals surface area (Å²) in [7, 11) is 1.85. The Balaban J connectivity index is 2.02. The van der Waals surface area contributed by atoms with Crippen molar-refractivity contribution >= 4 is 11.8 Å². The van der Waals surface area contributed by atoms with E-state index in [-0.39, 0.29) is 11.9 Å². The average Bonchev–Trinajstić information content (AvgIpc) is 2.79. The Hall–Kier alpha value is -1.37. The summed E-state index contributed by atoms with van der Waals surface area (Å²) in [5.74, 6) is 5.92. The van der Waals surface area contributed by atoms with Crippen LogP contribution in [0.5, 0.6) is 0 Å². The van der Waals surface area contributed by atoms with Crippen LogP contribution in [0.4, 0.5) is 4.39 Å². The Morgan fingerprint density at radius 3 is 2.83 bits per heavy atom. The summed E-state index contributed by atoms with van der Waals surface area (Å²) >= 11 is 1.42. The van der Waals surface area contributed by atoms with Crippen LogP contribution in [0.25, 0.3) is 0 Å². The molecule has 1 aromatic heterocycles. The highest BCUT2D eigenvalue weighted by atomic mass is 32.2. The van der Waals surface area contributed by atoms with Crippen molar-refractivity contribution in [1.82, 2.24) is 15.2 Å². The van der Waals surface area contributed by atoms with Crippen molar-refractivity contribution in [3.05, 3.63) is 48.0 Å². The first kappa shape index (κ1) is 13.1. The Labute approximate surface area is 109 Å². The molecule has 18 heavy (non-hydrogen) atoms. The highest BCUT2D eigenvalue weighted by molar-refractivity contribution is 7.99. The van der Waals surface area contributed by atoms with Gasteiger partial charge in [-0.25, -0.2) is 4.39 Å². The molecule has 0 radical (unpaired) electrons. The van der Waals surface area contributed by atoms with Gasteiger partial charge in [0.05, 0.1) is 11.7 Å². The Kier molecular flexibility index (Phi) is 4.35. The molecule has 96 valence electrons. The lowest BCUT2D eigenvalue weighted by molar-refractivity contribution is 0.578. The third-order valence-electron chi connectivity index (χ3n) is 2.53. The van der Waals surface area contributed by atoms with Gasteiger partial charge in [0.25, 0.3) is 0 Å². The van der Waals surface area contributed by atoms with Gasteiger partial charge >= 0.3 is 0 Å². The number of hydrogen-bond acceptors (Lipinski definition) is 4. The van der Waals surface area contributed by atoms with Gasteiger partial charge in [0, 0.05) is 23.9 Å². The zero-order valence-corrected chi connectivity index (χ0v) is 10.8. The largest absolute Gasteiger partial charge is 0.275 e. The van der Waals surface area contributed by atoms with Crippen molar-refractivity contribution in [3.63, 3.8) is 0 Å². The van der Waals surface area contributed by atoms with Gasteiger partial charge in [-0.3, -0.25) is 16.0 Å². The number of nitrogens with one attached hydrogen (secondary N) is 1. The Bertz CT molecular complexity index is 514. The molecule has 0 aliphatic heterocycles. The number of aromatic nitrogens is 2. The summed E-state index contributed by atoms with van der Waals surface area (Å²) in [6.07, 6.45) is 1.85. The van der Waals surface area contributed by atoms with Gasteiger partial charge in [-0.05, 0) is 18.2 Å². The van der Waals surface area contributed by atoms with Crippen molar-refractivity contribution in [3.8, 4) is 0 Å². The average molecular weight is 266 g/mol. The molecule has 1 atom stereocenters. The molecule has 1 heterocycles. The van der Waals surface area contributed by atoms with Crippen LogP contribution in [-0.4, -0.2) is 15.5 Å². The van der Waals surface area contributed by atoms with E-state index in [2.05, 4.69) is 10.5 Å². The SMILES string of the molecule is Cn1ccc(C(CSc2ccccc2F)NN)n1. The van der Waals surface area contributed by atoms with Crippen LogP contribution in [0.15, 0.2) is 41.4 Å². The molecular weight excluding hydrogens is 251 g/mol. The summed E-state index contributed by atoms with van der Waals surface area (Å²) in [5.41, 5.74) is 3.55. The van der Waals surface area contributed by atoms with E-state index >= 15 is 0 Å². The fourth-order valence-corrected chi connectivity index (χ4v) is 2.57. The maximum Gasteiger partial charge on any atom is 0.136 e. The number of hydrazine groups is 1. The maximum atomic E-state index is 13.5. The van der Waals surface area contributed by atoms with Gasteiger partial charge in [-0.1, -0.05) is 12.1 Å². The van der Waals surface area contributed by atoms with E-state index in [4.69, 9.17) is 5.84 Å². The minimum Gasteiger partial charge on any atom is -0.275 e. The number of benzene rings is 1. The quantitative estimate of drug-likeness (QED) is 0.493. The van der Waals surface area contributed by atoms with Crippen LogP contribution in [-0.2, 0) is 7.05 Å². The molecule has 0 spiro atoms. The van der Waals surface area contributed by atoms with E-state index in [1.54, 1.807) is 16.8 Å². The van der Waals surface area contributed by atoms with Crippen molar-refractivity contribution in [2.45, 2.75) is 10.9 Å². The predicted octanol–water partition coefficient (Wildman–Crippen LogP) is 1.86.